The van der Waals surface area contributed by atoms with E-state index in [1.807, 2.05) is 41.8 Å². The summed E-state index contributed by atoms with van der Waals surface area (Å²) in [5, 5.41) is 6.95. The van der Waals surface area contributed by atoms with Crippen molar-refractivity contribution in [1.29, 1.82) is 0 Å². The number of aromatic nitrogens is 3. The Hall–Kier alpha value is -3.50. The molecule has 0 aliphatic heterocycles. The predicted molar refractivity (Wildman–Crippen MR) is 156 cm³/mol. The van der Waals surface area contributed by atoms with Crippen molar-refractivity contribution in [2.24, 2.45) is 0 Å². The SMILES string of the molecule is CCNCc1nc2c(N)nc3ccccc3c2n1C[C@@H](C)O[P@@](=O)(N[C@H](C)C(=O)OC(C)C)Oc1ccccc1. The van der Waals surface area contributed by atoms with Crippen molar-refractivity contribution in [3.8, 4) is 5.75 Å². The van der Waals surface area contributed by atoms with Gasteiger partial charge in [0.25, 0.3) is 0 Å². The maximum atomic E-state index is 14.1. The topological polar surface area (TPSA) is 143 Å². The molecule has 4 N–H and O–H groups in total. The summed E-state index contributed by atoms with van der Waals surface area (Å²) in [6.07, 6.45) is -0.964. The van der Waals surface area contributed by atoms with Gasteiger partial charge in [-0.15, -0.1) is 0 Å². The van der Waals surface area contributed by atoms with Gasteiger partial charge in [0, 0.05) is 5.39 Å². The summed E-state index contributed by atoms with van der Waals surface area (Å²) in [7, 11) is -4.06. The van der Waals surface area contributed by atoms with Crippen LogP contribution in [0.25, 0.3) is 21.9 Å². The zero-order valence-corrected chi connectivity index (χ0v) is 24.4. The van der Waals surface area contributed by atoms with Gasteiger partial charge in [-0.1, -0.05) is 43.3 Å². The molecule has 0 fully saturated rings. The Bertz CT molecular complexity index is 1510. The molecule has 40 heavy (non-hydrogen) atoms. The zero-order valence-electron chi connectivity index (χ0n) is 23.5. The lowest BCUT2D eigenvalue weighted by atomic mass is 10.2. The van der Waals surface area contributed by atoms with Gasteiger partial charge in [0.2, 0.25) is 0 Å². The van der Waals surface area contributed by atoms with Crippen LogP contribution in [0.15, 0.2) is 54.6 Å². The third kappa shape index (κ3) is 6.98. The normalized spacial score (nSPS) is 14.8. The summed E-state index contributed by atoms with van der Waals surface area (Å²) in [5.41, 5.74) is 8.46. The summed E-state index contributed by atoms with van der Waals surface area (Å²) in [6, 6.07) is 15.4. The Morgan fingerprint density at radius 2 is 1.75 bits per heavy atom. The standard InChI is InChI=1S/C28H37N6O5P/c1-6-30-16-24-32-25-26(22-14-10-11-15-23(22)31-27(25)29)34(24)17-19(4)38-40(36,39-21-12-8-7-9-13-21)33-20(5)28(35)37-18(2)3/h7-15,18-20,30H,6,16-17H2,1-5H3,(H2,29,31)(H,33,36)/t19-,20-,40+/m1/s1. The first-order valence-electron chi connectivity index (χ1n) is 13.4. The summed E-state index contributed by atoms with van der Waals surface area (Å²) in [5.74, 6) is 0.834. The van der Waals surface area contributed by atoms with E-state index in [9.17, 15) is 9.36 Å². The summed E-state index contributed by atoms with van der Waals surface area (Å²) < 4.78 is 33.3. The second-order valence-corrected chi connectivity index (χ2v) is 11.4. The molecule has 2 aromatic heterocycles. The minimum Gasteiger partial charge on any atom is -0.462 e. The van der Waals surface area contributed by atoms with Crippen LogP contribution in [0.3, 0.4) is 0 Å². The molecular weight excluding hydrogens is 531 g/mol. The number of imidazole rings is 1. The van der Waals surface area contributed by atoms with E-state index in [1.54, 1.807) is 52.0 Å². The van der Waals surface area contributed by atoms with Gasteiger partial charge in [-0.25, -0.2) is 14.5 Å². The molecule has 0 aliphatic carbocycles. The Kier molecular flexibility index (Phi) is 9.42. The second-order valence-electron chi connectivity index (χ2n) is 9.78. The zero-order chi connectivity index (χ0) is 28.9. The van der Waals surface area contributed by atoms with E-state index < -0.39 is 25.9 Å². The van der Waals surface area contributed by atoms with Crippen LogP contribution in [0, 0.1) is 0 Å². The van der Waals surface area contributed by atoms with E-state index in [0.29, 0.717) is 23.6 Å². The highest BCUT2D eigenvalue weighted by Crippen LogP contribution is 2.46. The predicted octanol–water partition coefficient (Wildman–Crippen LogP) is 4.80. The maximum absolute atomic E-state index is 14.1. The molecule has 0 unspecified atom stereocenters. The lowest BCUT2D eigenvalue weighted by Crippen LogP contribution is -2.37. The van der Waals surface area contributed by atoms with Gasteiger partial charge < -0.3 is 24.9 Å². The maximum Gasteiger partial charge on any atom is 0.459 e. The van der Waals surface area contributed by atoms with Crippen LogP contribution in [-0.2, 0) is 31.7 Å². The van der Waals surface area contributed by atoms with Gasteiger partial charge in [0.1, 0.15) is 23.1 Å². The monoisotopic (exact) mass is 568 g/mol. The number of nitrogens with zero attached hydrogens (tertiary/aromatic N) is 3. The van der Waals surface area contributed by atoms with Crippen LogP contribution in [-0.4, -0.2) is 45.3 Å². The Labute approximate surface area is 234 Å². The summed E-state index contributed by atoms with van der Waals surface area (Å²) in [6.45, 7) is 10.4. The van der Waals surface area contributed by atoms with Crippen LogP contribution in [0.1, 0.15) is 40.4 Å². The average molecular weight is 569 g/mol. The number of fused-ring (bicyclic) bond motifs is 3. The first-order chi connectivity index (χ1) is 19.1. The number of hydrogen-bond donors (Lipinski definition) is 3. The largest absolute Gasteiger partial charge is 0.462 e. The molecule has 12 heteroatoms. The fraction of sp³-hybridized carbons (Fsp3) is 0.393. The van der Waals surface area contributed by atoms with Crippen molar-refractivity contribution < 1.29 is 23.1 Å². The van der Waals surface area contributed by atoms with Crippen LogP contribution in [0.4, 0.5) is 5.82 Å². The number of anilines is 1. The lowest BCUT2D eigenvalue weighted by Gasteiger charge is -2.26. The highest BCUT2D eigenvalue weighted by atomic mass is 31.2. The molecular formula is C28H37N6O5P. The number of esters is 1. The molecule has 0 radical (unpaired) electrons. The smallest absolute Gasteiger partial charge is 0.459 e. The Morgan fingerprint density at radius 3 is 2.45 bits per heavy atom. The third-order valence-electron chi connectivity index (χ3n) is 6.01. The van der Waals surface area contributed by atoms with E-state index in [2.05, 4.69) is 15.4 Å². The third-order valence-corrected chi connectivity index (χ3v) is 7.80. The van der Waals surface area contributed by atoms with Crippen LogP contribution in [0.2, 0.25) is 0 Å². The Balaban J connectivity index is 1.68. The van der Waals surface area contributed by atoms with E-state index in [0.717, 1.165) is 28.8 Å². The molecule has 4 aromatic rings. The van der Waals surface area contributed by atoms with Gasteiger partial charge in [0.15, 0.2) is 5.82 Å². The molecule has 3 atom stereocenters. The second kappa shape index (κ2) is 12.8. The quantitative estimate of drug-likeness (QED) is 0.152. The molecule has 0 amide bonds. The minimum absolute atomic E-state index is 0.277. The van der Waals surface area contributed by atoms with E-state index in [1.165, 1.54) is 0 Å². The van der Waals surface area contributed by atoms with Crippen molar-refractivity contribution >= 4 is 41.5 Å². The lowest BCUT2D eigenvalue weighted by molar-refractivity contribution is -0.149. The molecule has 4 rings (SSSR count). The number of nitrogens with one attached hydrogen (secondary N) is 2. The van der Waals surface area contributed by atoms with Gasteiger partial charge in [0.05, 0.1) is 36.3 Å². The van der Waals surface area contributed by atoms with Crippen LogP contribution in [0.5, 0.6) is 5.75 Å². The van der Waals surface area contributed by atoms with Gasteiger partial charge in [-0.3, -0.25) is 9.32 Å². The first kappa shape index (κ1) is 29.5. The highest BCUT2D eigenvalue weighted by molar-refractivity contribution is 7.52. The number of nitrogens with two attached hydrogens (primary N) is 1. The molecule has 0 bridgehead atoms. The van der Waals surface area contributed by atoms with E-state index in [-0.39, 0.29) is 12.6 Å². The molecule has 11 nitrogen and oxygen atoms in total. The van der Waals surface area contributed by atoms with Gasteiger partial charge >= 0.3 is 13.7 Å². The summed E-state index contributed by atoms with van der Waals surface area (Å²) in [4.78, 5) is 21.8. The van der Waals surface area contributed by atoms with Gasteiger partial charge in [-0.05, 0) is 52.4 Å². The van der Waals surface area contributed by atoms with Crippen molar-refractivity contribution in [3.63, 3.8) is 0 Å². The molecule has 0 spiro atoms. The van der Waals surface area contributed by atoms with E-state index in [4.69, 9.17) is 24.5 Å². The number of para-hydroxylation sites is 2. The Morgan fingerprint density at radius 1 is 1.05 bits per heavy atom. The molecule has 0 aliphatic rings. The number of carbonyl (C=O) groups excluding carboxylic acids is 1. The number of ether oxygens (including phenoxy) is 1. The molecule has 0 saturated carbocycles. The highest BCUT2D eigenvalue weighted by Gasteiger charge is 2.35. The van der Waals surface area contributed by atoms with Crippen LogP contribution < -0.4 is 20.7 Å². The minimum atomic E-state index is -4.06. The molecule has 0 saturated heterocycles. The van der Waals surface area contributed by atoms with Crippen molar-refractivity contribution in [2.75, 3.05) is 12.3 Å². The van der Waals surface area contributed by atoms with Gasteiger partial charge in [-0.2, -0.15) is 5.09 Å². The number of pyridine rings is 1. The number of carbonyl (C=O) groups is 1. The fourth-order valence-corrected chi connectivity index (χ4v) is 6.00. The van der Waals surface area contributed by atoms with Crippen LogP contribution >= 0.6 is 7.75 Å². The van der Waals surface area contributed by atoms with Crippen molar-refractivity contribution in [2.45, 2.75) is 66.0 Å². The van der Waals surface area contributed by atoms with Crippen molar-refractivity contribution in [1.82, 2.24) is 24.9 Å². The molecule has 2 heterocycles. The van der Waals surface area contributed by atoms with Crippen molar-refractivity contribution in [3.05, 3.63) is 60.4 Å². The number of hydrogen-bond acceptors (Lipinski definition) is 9. The van der Waals surface area contributed by atoms with E-state index >= 15 is 0 Å². The first-order valence-corrected chi connectivity index (χ1v) is 14.9. The average Bonchev–Trinajstić information content (AvgIpc) is 3.26. The number of nitrogen functional groups attached to an aromatic ring is 1. The summed E-state index contributed by atoms with van der Waals surface area (Å²) >= 11 is 0. The number of benzene rings is 2. The molecule has 2 aromatic carbocycles. The fourth-order valence-electron chi connectivity index (χ4n) is 4.32. The number of rotatable bonds is 13. The molecule has 214 valence electrons.